The van der Waals surface area contributed by atoms with E-state index >= 15 is 0 Å². The summed E-state index contributed by atoms with van der Waals surface area (Å²) in [5, 5.41) is 15.4. The zero-order valence-corrected chi connectivity index (χ0v) is 20.8. The maximum Gasteiger partial charge on any atom is 0.316 e. The highest BCUT2D eigenvalue weighted by atomic mass is 35.5. The van der Waals surface area contributed by atoms with Crippen molar-refractivity contribution in [1.29, 1.82) is 5.26 Å². The molecule has 0 unspecified atom stereocenters. The molecule has 9 heteroatoms. The largest absolute Gasteiger partial charge is 0.494 e. The van der Waals surface area contributed by atoms with E-state index in [-0.39, 0.29) is 12.7 Å². The maximum atomic E-state index is 11.9. The van der Waals surface area contributed by atoms with Gasteiger partial charge in [0.1, 0.15) is 5.75 Å². The Kier molecular flexibility index (Phi) is 11.1. The number of carbonyl (C=O) groups excluding carboxylic acids is 1. The first-order chi connectivity index (χ1) is 16.3. The quantitative estimate of drug-likeness (QED) is 0.0911. The lowest BCUT2D eigenvalue weighted by atomic mass is 9.98. The Balaban J connectivity index is 1.68. The fourth-order valence-corrected chi connectivity index (χ4v) is 2.88. The maximum absolute atomic E-state index is 11.9. The van der Waals surface area contributed by atoms with Gasteiger partial charge < -0.3 is 14.8 Å². The highest BCUT2D eigenvalue weighted by Gasteiger charge is 2.24. The van der Waals surface area contributed by atoms with Crippen LogP contribution in [0.2, 0.25) is 5.02 Å². The number of aliphatic imine (C=N–C) groups is 1. The van der Waals surface area contributed by atoms with Gasteiger partial charge in [-0.05, 0) is 64.3 Å². The molecule has 1 aromatic heterocycles. The fraction of sp³-hybridized carbons (Fsp3) is 0.440. The van der Waals surface area contributed by atoms with Crippen LogP contribution in [0.3, 0.4) is 0 Å². The van der Waals surface area contributed by atoms with Gasteiger partial charge in [-0.15, -0.1) is 0 Å². The summed E-state index contributed by atoms with van der Waals surface area (Å²) in [4.78, 5) is 16.3. The van der Waals surface area contributed by atoms with Crippen molar-refractivity contribution in [2.24, 2.45) is 10.4 Å². The minimum atomic E-state index is -0.540. The van der Waals surface area contributed by atoms with E-state index in [1.54, 1.807) is 17.0 Å². The van der Waals surface area contributed by atoms with Gasteiger partial charge >= 0.3 is 5.97 Å². The Morgan fingerprint density at radius 3 is 2.41 bits per heavy atom. The van der Waals surface area contributed by atoms with Crippen molar-refractivity contribution in [2.75, 3.05) is 18.5 Å². The molecule has 182 valence electrons. The number of halogens is 1. The highest BCUT2D eigenvalue weighted by Crippen LogP contribution is 2.16. The molecular formula is C25H33ClN5O3+. The first-order valence-electron chi connectivity index (χ1n) is 11.3. The number of nitriles is 1. The zero-order valence-electron chi connectivity index (χ0n) is 20.0. The molecule has 0 amide bonds. The van der Waals surface area contributed by atoms with Gasteiger partial charge in [0, 0.05) is 23.7 Å². The molecule has 0 bridgehead atoms. The molecule has 0 aliphatic carbocycles. The predicted molar refractivity (Wildman–Crippen MR) is 132 cm³/mol. The number of benzene rings is 1. The number of carbonyl (C=O) groups is 1. The van der Waals surface area contributed by atoms with E-state index in [4.69, 9.17) is 26.3 Å². The molecule has 1 aromatic carbocycles. The Morgan fingerprint density at radius 1 is 1.09 bits per heavy atom. The van der Waals surface area contributed by atoms with Crippen LogP contribution < -0.4 is 19.9 Å². The topological polar surface area (TPSA) is 99.6 Å². The van der Waals surface area contributed by atoms with Gasteiger partial charge in [0.25, 0.3) is 6.73 Å². The van der Waals surface area contributed by atoms with Gasteiger partial charge in [0.05, 0.1) is 17.7 Å². The average Bonchev–Trinajstić information content (AvgIpc) is 2.80. The van der Waals surface area contributed by atoms with E-state index in [1.165, 1.54) is 0 Å². The van der Waals surface area contributed by atoms with Crippen molar-refractivity contribution >= 4 is 29.2 Å². The van der Waals surface area contributed by atoms with Crippen molar-refractivity contribution in [2.45, 2.75) is 53.2 Å². The third-order valence-corrected chi connectivity index (χ3v) is 4.94. The SMILES string of the molecule is CC(C)(C)C(=O)OC[n+]1ccc(NC(=NCCCCCCOc2ccc(Cl)cc2)NC#N)cc1. The van der Waals surface area contributed by atoms with Crippen LogP contribution in [0.15, 0.2) is 53.8 Å². The number of nitrogens with one attached hydrogen (secondary N) is 2. The van der Waals surface area contributed by atoms with Crippen LogP contribution in [0.4, 0.5) is 5.69 Å². The van der Waals surface area contributed by atoms with Crippen LogP contribution in [0.5, 0.6) is 5.75 Å². The zero-order chi connectivity index (χ0) is 24.8. The summed E-state index contributed by atoms with van der Waals surface area (Å²) in [5.74, 6) is 0.957. The lowest BCUT2D eigenvalue weighted by Gasteiger charge is -2.14. The van der Waals surface area contributed by atoms with Gasteiger partial charge in [0.2, 0.25) is 5.96 Å². The minimum Gasteiger partial charge on any atom is -0.494 e. The number of hydrogen-bond acceptors (Lipinski definition) is 5. The van der Waals surface area contributed by atoms with Crippen molar-refractivity contribution in [3.05, 3.63) is 53.8 Å². The van der Waals surface area contributed by atoms with Gasteiger partial charge in [0.15, 0.2) is 18.6 Å². The molecule has 1 heterocycles. The number of ether oxygens (including phenoxy) is 2. The first-order valence-corrected chi connectivity index (χ1v) is 11.7. The van der Waals surface area contributed by atoms with Crippen LogP contribution in [-0.4, -0.2) is 25.1 Å². The summed E-state index contributed by atoms with van der Waals surface area (Å²) in [5.41, 5.74) is 0.223. The van der Waals surface area contributed by atoms with E-state index in [0.717, 1.165) is 37.1 Å². The summed E-state index contributed by atoms with van der Waals surface area (Å²) >= 11 is 5.86. The highest BCUT2D eigenvalue weighted by molar-refractivity contribution is 6.30. The molecule has 8 nitrogen and oxygen atoms in total. The third-order valence-electron chi connectivity index (χ3n) is 4.69. The molecular weight excluding hydrogens is 454 g/mol. The predicted octanol–water partition coefficient (Wildman–Crippen LogP) is 4.65. The summed E-state index contributed by atoms with van der Waals surface area (Å²) in [6.45, 7) is 6.84. The number of pyridine rings is 1. The molecule has 0 saturated heterocycles. The lowest BCUT2D eigenvalue weighted by Crippen LogP contribution is -2.37. The van der Waals surface area contributed by atoms with E-state index < -0.39 is 5.41 Å². The van der Waals surface area contributed by atoms with Crippen molar-refractivity contribution in [3.63, 3.8) is 0 Å². The average molecular weight is 487 g/mol. The molecule has 0 aliphatic heterocycles. The summed E-state index contributed by atoms with van der Waals surface area (Å²) in [6, 6.07) is 11.0. The second kappa shape index (κ2) is 14.1. The van der Waals surface area contributed by atoms with Gasteiger partial charge in [-0.25, -0.2) is 0 Å². The van der Waals surface area contributed by atoms with Crippen LogP contribution in [0.25, 0.3) is 0 Å². The third kappa shape index (κ3) is 10.5. The molecule has 0 radical (unpaired) electrons. The number of hydrogen-bond donors (Lipinski definition) is 2. The molecule has 34 heavy (non-hydrogen) atoms. The summed E-state index contributed by atoms with van der Waals surface area (Å²) in [6.07, 6.45) is 9.40. The number of rotatable bonds is 11. The molecule has 2 aromatic rings. The summed E-state index contributed by atoms with van der Waals surface area (Å²) < 4.78 is 12.7. The van der Waals surface area contributed by atoms with Gasteiger partial charge in [-0.1, -0.05) is 18.0 Å². The number of aromatic nitrogens is 1. The van der Waals surface area contributed by atoms with Crippen LogP contribution >= 0.6 is 11.6 Å². The molecule has 0 saturated carbocycles. The van der Waals surface area contributed by atoms with Crippen molar-refractivity contribution in [1.82, 2.24) is 5.32 Å². The normalized spacial score (nSPS) is 11.4. The smallest absolute Gasteiger partial charge is 0.316 e. The molecule has 0 fully saturated rings. The van der Waals surface area contributed by atoms with E-state index in [1.807, 2.05) is 63.4 Å². The van der Waals surface area contributed by atoms with Crippen molar-refractivity contribution < 1.29 is 18.8 Å². The van der Waals surface area contributed by atoms with E-state index in [2.05, 4.69) is 15.6 Å². The van der Waals surface area contributed by atoms with E-state index in [0.29, 0.717) is 24.1 Å². The number of guanidine groups is 1. The monoisotopic (exact) mass is 486 g/mol. The first kappa shape index (κ1) is 26.9. The Hall–Kier alpha value is -3.31. The number of unbranched alkanes of at least 4 members (excludes halogenated alkanes) is 3. The number of esters is 1. The number of nitrogens with zero attached hydrogens (tertiary/aromatic N) is 3. The molecule has 2 N–H and O–H groups in total. The molecule has 0 aliphatic rings. The summed E-state index contributed by atoms with van der Waals surface area (Å²) in [7, 11) is 0. The van der Waals surface area contributed by atoms with Crippen LogP contribution in [0, 0.1) is 16.9 Å². The minimum absolute atomic E-state index is 0.137. The standard InChI is InChI=1S/C25H32ClN5O3/c1-25(2,3)23(32)34-19-31-15-12-21(13-16-31)30-24(29-18-27)28-14-6-4-5-7-17-33-22-10-8-20(26)9-11-22/h8-13,15-16H,4-7,14,17,19H2,1-3H3,(H,28,29)/p+1. The molecule has 2 rings (SSSR count). The molecule has 0 atom stereocenters. The fourth-order valence-electron chi connectivity index (χ4n) is 2.76. The second-order valence-corrected chi connectivity index (χ2v) is 9.16. The van der Waals surface area contributed by atoms with Crippen LogP contribution in [0.1, 0.15) is 46.5 Å². The Labute approximate surface area is 206 Å². The lowest BCUT2D eigenvalue weighted by molar-refractivity contribution is -0.727. The van der Waals surface area contributed by atoms with Crippen molar-refractivity contribution in [3.8, 4) is 11.9 Å². The van der Waals surface area contributed by atoms with Gasteiger partial charge in [-0.2, -0.15) is 9.83 Å². The Bertz CT molecular complexity index is 964. The second-order valence-electron chi connectivity index (χ2n) is 8.72. The van der Waals surface area contributed by atoms with E-state index in [9.17, 15) is 4.79 Å². The Morgan fingerprint density at radius 2 is 1.76 bits per heavy atom. The number of anilines is 1. The van der Waals surface area contributed by atoms with Crippen LogP contribution in [-0.2, 0) is 16.3 Å². The molecule has 0 spiro atoms. The van der Waals surface area contributed by atoms with Gasteiger partial charge in [-0.3, -0.25) is 15.1 Å².